The summed E-state index contributed by atoms with van der Waals surface area (Å²) in [6.07, 6.45) is 8.94. The monoisotopic (exact) mass is 453 g/mol. The number of rotatable bonds is 4. The van der Waals surface area contributed by atoms with Crippen molar-refractivity contribution in [3.05, 3.63) is 78.1 Å². The number of piperazine rings is 1. The first-order valence-corrected chi connectivity index (χ1v) is 10.6. The molecule has 4 rings (SSSR count). The summed E-state index contributed by atoms with van der Waals surface area (Å²) >= 11 is 0. The highest BCUT2D eigenvalue weighted by molar-refractivity contribution is 5.74. The molecule has 3 heterocycles. The highest BCUT2D eigenvalue weighted by Gasteiger charge is 2.24. The van der Waals surface area contributed by atoms with E-state index in [4.69, 9.17) is 10.5 Å². The lowest BCUT2D eigenvalue weighted by molar-refractivity contribution is 0.123. The Hall–Kier alpha value is -3.79. The first kappa shape index (κ1) is 23.9. The van der Waals surface area contributed by atoms with Gasteiger partial charge in [0.1, 0.15) is 24.3 Å². The summed E-state index contributed by atoms with van der Waals surface area (Å²) in [6.45, 7) is 3.15. The lowest BCUT2D eigenvalue weighted by atomic mass is 10.2. The van der Waals surface area contributed by atoms with Crippen molar-refractivity contribution >= 4 is 18.2 Å². The molecular weight excluding hydrogens is 425 g/mol. The van der Waals surface area contributed by atoms with Crippen LogP contribution in [0.4, 0.5) is 15.1 Å². The predicted octanol–water partition coefficient (Wildman–Crippen LogP) is 2.21. The fourth-order valence-electron chi connectivity index (χ4n) is 3.23. The van der Waals surface area contributed by atoms with E-state index in [2.05, 4.69) is 25.2 Å². The molecule has 2 amide bonds. The number of halogens is 1. The molecule has 9 nitrogen and oxygen atoms in total. The minimum absolute atomic E-state index is 0.0422. The molecule has 1 atom stereocenters. The molecule has 0 aliphatic carbocycles. The topological polar surface area (TPSA) is 109 Å². The Bertz CT molecular complexity index is 989. The second-order valence-electron chi connectivity index (χ2n) is 7.21. The van der Waals surface area contributed by atoms with Crippen molar-refractivity contribution in [2.75, 3.05) is 39.0 Å². The van der Waals surface area contributed by atoms with Gasteiger partial charge in [-0.05, 0) is 36.4 Å². The Morgan fingerprint density at radius 3 is 2.61 bits per heavy atom. The third-order valence-corrected chi connectivity index (χ3v) is 4.94. The van der Waals surface area contributed by atoms with E-state index in [0.29, 0.717) is 25.4 Å². The first-order chi connectivity index (χ1) is 16.0. The van der Waals surface area contributed by atoms with Gasteiger partial charge in [0.25, 0.3) is 0 Å². The van der Waals surface area contributed by atoms with Gasteiger partial charge in [-0.1, -0.05) is 18.2 Å². The van der Waals surface area contributed by atoms with Gasteiger partial charge in [-0.3, -0.25) is 9.89 Å². The van der Waals surface area contributed by atoms with Crippen molar-refractivity contribution in [2.45, 2.75) is 12.8 Å². The molecule has 1 aromatic heterocycles. The van der Waals surface area contributed by atoms with Gasteiger partial charge in [0.2, 0.25) is 5.95 Å². The Balaban J connectivity index is 0.000000374. The van der Waals surface area contributed by atoms with E-state index in [1.54, 1.807) is 48.6 Å². The number of urea groups is 1. The van der Waals surface area contributed by atoms with Crippen LogP contribution in [0, 0.1) is 5.82 Å². The van der Waals surface area contributed by atoms with Crippen LogP contribution in [-0.4, -0.2) is 71.4 Å². The van der Waals surface area contributed by atoms with Gasteiger partial charge in [-0.2, -0.15) is 0 Å². The molecule has 3 N–H and O–H groups in total. The summed E-state index contributed by atoms with van der Waals surface area (Å²) < 4.78 is 17.8. The molecule has 0 radical (unpaired) electrons. The van der Waals surface area contributed by atoms with Crippen LogP contribution in [0.2, 0.25) is 0 Å². The SMILES string of the molecule is CNC(=O)N1CCN(C2C=C(OCc3ccnc(N)n3)C=CC=N2)CC1.Fc1ccccc1. The summed E-state index contributed by atoms with van der Waals surface area (Å²) in [7, 11) is 1.65. The standard InChI is InChI=1S/C17H23N7O2.C6H5F/c1-19-17(25)24-9-7-23(8-10-24)15-11-14(3-2-5-20-15)26-12-13-4-6-21-16(18)22-13;7-6-4-2-1-3-5-6/h2-6,11,15H,7-10,12H2,1H3,(H,19,25)(H2,18,21,22);1-5H. The number of nitrogens with two attached hydrogens (primary N) is 1. The van der Waals surface area contributed by atoms with E-state index < -0.39 is 0 Å². The summed E-state index contributed by atoms with van der Waals surface area (Å²) in [5, 5.41) is 2.66. The van der Waals surface area contributed by atoms with Gasteiger partial charge in [0.15, 0.2) is 0 Å². The highest BCUT2D eigenvalue weighted by atomic mass is 19.1. The van der Waals surface area contributed by atoms with Crippen LogP contribution >= 0.6 is 0 Å². The fraction of sp³-hybridized carbons (Fsp3) is 0.304. The lowest BCUT2D eigenvalue weighted by Crippen LogP contribution is -2.53. The third-order valence-electron chi connectivity index (χ3n) is 4.94. The molecule has 174 valence electrons. The molecule has 1 unspecified atom stereocenters. The molecule has 2 aromatic rings. The van der Waals surface area contributed by atoms with Crippen LogP contribution in [-0.2, 0) is 11.3 Å². The minimum atomic E-state index is -0.178. The zero-order valence-electron chi connectivity index (χ0n) is 18.5. The first-order valence-electron chi connectivity index (χ1n) is 10.6. The number of anilines is 1. The molecule has 33 heavy (non-hydrogen) atoms. The number of hydrogen-bond donors (Lipinski definition) is 2. The van der Waals surface area contributed by atoms with Crippen molar-refractivity contribution in [2.24, 2.45) is 4.99 Å². The van der Waals surface area contributed by atoms with Gasteiger partial charge in [-0.15, -0.1) is 0 Å². The van der Waals surface area contributed by atoms with Crippen LogP contribution in [0.3, 0.4) is 0 Å². The maximum Gasteiger partial charge on any atom is 0.317 e. The number of nitrogens with zero attached hydrogens (tertiary/aromatic N) is 5. The number of nitrogen functional groups attached to an aromatic ring is 1. The molecule has 1 saturated heterocycles. The van der Waals surface area contributed by atoms with E-state index in [1.807, 2.05) is 18.2 Å². The van der Waals surface area contributed by atoms with Crippen molar-refractivity contribution in [3.63, 3.8) is 0 Å². The summed E-state index contributed by atoms with van der Waals surface area (Å²) in [5.74, 6) is 0.771. The average Bonchev–Trinajstić information content (AvgIpc) is 3.09. The molecular formula is C23H28FN7O2. The highest BCUT2D eigenvalue weighted by Crippen LogP contribution is 2.15. The molecule has 2 aliphatic heterocycles. The van der Waals surface area contributed by atoms with Gasteiger partial charge in [0.05, 0.1) is 5.69 Å². The van der Waals surface area contributed by atoms with Crippen LogP contribution < -0.4 is 11.1 Å². The molecule has 2 aliphatic rings. The van der Waals surface area contributed by atoms with Gasteiger partial charge < -0.3 is 20.7 Å². The molecule has 1 fully saturated rings. The Morgan fingerprint density at radius 1 is 1.21 bits per heavy atom. The van der Waals surface area contributed by atoms with E-state index >= 15 is 0 Å². The van der Waals surface area contributed by atoms with Gasteiger partial charge in [0, 0.05) is 45.6 Å². The zero-order valence-corrected chi connectivity index (χ0v) is 18.5. The second-order valence-corrected chi connectivity index (χ2v) is 7.21. The fourth-order valence-corrected chi connectivity index (χ4v) is 3.23. The molecule has 0 spiro atoms. The number of ether oxygens (including phenoxy) is 1. The maximum absolute atomic E-state index is 11.9. The largest absolute Gasteiger partial charge is 0.488 e. The Labute approximate surface area is 192 Å². The van der Waals surface area contributed by atoms with Gasteiger partial charge in [-0.25, -0.2) is 19.2 Å². The van der Waals surface area contributed by atoms with Crippen molar-refractivity contribution in [1.29, 1.82) is 0 Å². The zero-order chi connectivity index (χ0) is 23.5. The number of amides is 2. The average molecular weight is 454 g/mol. The smallest absolute Gasteiger partial charge is 0.317 e. The number of nitrogens with one attached hydrogen (secondary N) is 1. The van der Waals surface area contributed by atoms with Gasteiger partial charge >= 0.3 is 6.03 Å². The van der Waals surface area contributed by atoms with Crippen molar-refractivity contribution in [1.82, 2.24) is 25.1 Å². The number of aliphatic imine (C=N–C) groups is 1. The predicted molar refractivity (Wildman–Crippen MR) is 125 cm³/mol. The quantitative estimate of drug-likeness (QED) is 0.735. The van der Waals surface area contributed by atoms with Crippen molar-refractivity contribution < 1.29 is 13.9 Å². The van der Waals surface area contributed by atoms with Crippen LogP contribution in [0.1, 0.15) is 5.69 Å². The number of hydrogen-bond acceptors (Lipinski definition) is 7. The van der Waals surface area contributed by atoms with E-state index in [0.717, 1.165) is 18.8 Å². The number of aromatic nitrogens is 2. The molecule has 1 aromatic carbocycles. The third kappa shape index (κ3) is 7.69. The molecule has 10 heteroatoms. The number of benzene rings is 1. The van der Waals surface area contributed by atoms with Crippen LogP contribution in [0.15, 0.2) is 71.6 Å². The van der Waals surface area contributed by atoms with Crippen molar-refractivity contribution in [3.8, 4) is 0 Å². The van der Waals surface area contributed by atoms with Crippen LogP contribution in [0.5, 0.6) is 0 Å². The maximum atomic E-state index is 11.9. The molecule has 0 bridgehead atoms. The summed E-state index contributed by atoms with van der Waals surface area (Å²) in [6, 6.07) is 9.66. The Kier molecular flexibility index (Phi) is 8.89. The summed E-state index contributed by atoms with van der Waals surface area (Å²) in [5.41, 5.74) is 6.30. The second kappa shape index (κ2) is 12.3. The Morgan fingerprint density at radius 2 is 1.97 bits per heavy atom. The van der Waals surface area contributed by atoms with E-state index in [-0.39, 0.29) is 24.0 Å². The number of allylic oxidation sites excluding steroid dienone is 2. The van der Waals surface area contributed by atoms with E-state index in [1.165, 1.54) is 12.1 Å². The molecule has 0 saturated carbocycles. The number of carbonyl (C=O) groups is 1. The van der Waals surface area contributed by atoms with E-state index in [9.17, 15) is 9.18 Å². The lowest BCUT2D eigenvalue weighted by Gasteiger charge is -2.36. The number of carbonyl (C=O) groups excluding carboxylic acids is 1. The summed E-state index contributed by atoms with van der Waals surface area (Å²) in [4.78, 5) is 28.3. The normalized spacial score (nSPS) is 17.9. The van der Waals surface area contributed by atoms with Crippen LogP contribution in [0.25, 0.3) is 0 Å². The minimum Gasteiger partial charge on any atom is -0.488 e.